The topological polar surface area (TPSA) is 26.3 Å². The smallest absolute Gasteiger partial charge is 0.344 e. The van der Waals surface area contributed by atoms with Gasteiger partial charge in [0, 0.05) is 4.90 Å². The summed E-state index contributed by atoms with van der Waals surface area (Å²) in [6, 6.07) is 9.95. The Bertz CT molecular complexity index is 412. The maximum Gasteiger partial charge on any atom is 0.344 e. The molecule has 0 spiro atoms. The predicted molar refractivity (Wildman–Crippen MR) is 85.8 cm³/mol. The van der Waals surface area contributed by atoms with Crippen molar-refractivity contribution in [3.05, 3.63) is 41.3 Å². The van der Waals surface area contributed by atoms with E-state index in [0.29, 0.717) is 11.5 Å². The van der Waals surface area contributed by atoms with E-state index in [1.807, 2.05) is 43.3 Å². The molecule has 0 aromatic heterocycles. The second-order valence-electron chi connectivity index (χ2n) is 4.55. The number of benzene rings is 1. The molecular weight excluding hydrogens is 268 g/mol. The van der Waals surface area contributed by atoms with Gasteiger partial charge in [-0.15, -0.1) is 0 Å². The number of carbonyl (C=O) groups excluding carboxylic acids is 1. The lowest BCUT2D eigenvalue weighted by Gasteiger charge is -2.07. The minimum absolute atomic E-state index is 0.211. The third-order valence-corrected chi connectivity index (χ3v) is 3.90. The molecule has 0 radical (unpaired) electrons. The minimum Gasteiger partial charge on any atom is -0.462 e. The van der Waals surface area contributed by atoms with E-state index in [1.54, 1.807) is 0 Å². The highest BCUT2D eigenvalue weighted by Gasteiger charge is 2.11. The van der Waals surface area contributed by atoms with Gasteiger partial charge in [0.1, 0.15) is 0 Å². The summed E-state index contributed by atoms with van der Waals surface area (Å²) in [5.74, 6) is -0.211. The Kier molecular flexibility index (Phi) is 8.88. The summed E-state index contributed by atoms with van der Waals surface area (Å²) < 4.78 is 5.13. The SMILES string of the molecule is CCCCCC/C=C(\Sc1ccccc1)C(=O)OCC. The van der Waals surface area contributed by atoms with Crippen molar-refractivity contribution in [2.24, 2.45) is 0 Å². The first-order valence-corrected chi connectivity index (χ1v) is 8.19. The largest absolute Gasteiger partial charge is 0.462 e. The monoisotopic (exact) mass is 292 g/mol. The van der Waals surface area contributed by atoms with Crippen LogP contribution in [0.15, 0.2) is 46.2 Å². The zero-order chi connectivity index (χ0) is 14.6. The molecule has 3 heteroatoms. The molecule has 0 heterocycles. The van der Waals surface area contributed by atoms with Crippen molar-refractivity contribution in [1.29, 1.82) is 0 Å². The average Bonchev–Trinajstić information content (AvgIpc) is 2.47. The van der Waals surface area contributed by atoms with Crippen molar-refractivity contribution in [2.45, 2.75) is 50.8 Å². The van der Waals surface area contributed by atoms with Crippen molar-refractivity contribution in [3.63, 3.8) is 0 Å². The first-order chi connectivity index (χ1) is 9.77. The van der Waals surface area contributed by atoms with Gasteiger partial charge in [0.15, 0.2) is 0 Å². The van der Waals surface area contributed by atoms with E-state index < -0.39 is 0 Å². The zero-order valence-electron chi connectivity index (χ0n) is 12.4. The van der Waals surface area contributed by atoms with Gasteiger partial charge in [-0.25, -0.2) is 4.79 Å². The molecule has 0 aliphatic heterocycles. The first kappa shape index (κ1) is 16.8. The van der Waals surface area contributed by atoms with Crippen LogP contribution >= 0.6 is 11.8 Å². The fraction of sp³-hybridized carbons (Fsp3) is 0.471. The van der Waals surface area contributed by atoms with Crippen LogP contribution < -0.4 is 0 Å². The Morgan fingerprint density at radius 2 is 1.90 bits per heavy atom. The molecule has 0 aliphatic rings. The Hall–Kier alpha value is -1.22. The van der Waals surface area contributed by atoms with Crippen LogP contribution in [0, 0.1) is 0 Å². The lowest BCUT2D eigenvalue weighted by atomic mass is 10.1. The molecule has 2 nitrogen and oxygen atoms in total. The molecule has 0 aliphatic carbocycles. The van der Waals surface area contributed by atoms with E-state index in [9.17, 15) is 4.79 Å². The van der Waals surface area contributed by atoms with Crippen LogP contribution in [0.2, 0.25) is 0 Å². The lowest BCUT2D eigenvalue weighted by Crippen LogP contribution is -2.05. The number of rotatable bonds is 9. The van der Waals surface area contributed by atoms with Crippen molar-refractivity contribution in [1.82, 2.24) is 0 Å². The molecule has 0 saturated heterocycles. The van der Waals surface area contributed by atoms with Crippen LogP contribution in [0.5, 0.6) is 0 Å². The summed E-state index contributed by atoms with van der Waals surface area (Å²) >= 11 is 1.49. The number of thioether (sulfide) groups is 1. The van der Waals surface area contributed by atoms with Gasteiger partial charge in [0.2, 0.25) is 0 Å². The Morgan fingerprint density at radius 1 is 1.15 bits per heavy atom. The maximum atomic E-state index is 12.0. The summed E-state index contributed by atoms with van der Waals surface area (Å²) in [5, 5.41) is 0. The molecule has 1 aromatic carbocycles. The van der Waals surface area contributed by atoms with E-state index in [0.717, 1.165) is 17.7 Å². The molecule has 110 valence electrons. The molecule has 0 unspecified atom stereocenters. The summed E-state index contributed by atoms with van der Waals surface area (Å²) in [4.78, 5) is 13.7. The number of ether oxygens (including phenoxy) is 1. The summed E-state index contributed by atoms with van der Waals surface area (Å²) in [6.45, 7) is 4.45. The van der Waals surface area contributed by atoms with Gasteiger partial charge in [0.25, 0.3) is 0 Å². The number of carbonyl (C=O) groups is 1. The number of esters is 1. The van der Waals surface area contributed by atoms with Gasteiger partial charge >= 0.3 is 5.97 Å². The fourth-order valence-electron chi connectivity index (χ4n) is 1.79. The molecular formula is C17H24O2S. The highest BCUT2D eigenvalue weighted by molar-refractivity contribution is 8.04. The van der Waals surface area contributed by atoms with E-state index in [-0.39, 0.29) is 5.97 Å². The Labute approximate surface area is 126 Å². The van der Waals surface area contributed by atoms with Crippen molar-refractivity contribution >= 4 is 17.7 Å². The van der Waals surface area contributed by atoms with E-state index in [4.69, 9.17) is 4.74 Å². The zero-order valence-corrected chi connectivity index (χ0v) is 13.2. The Morgan fingerprint density at radius 3 is 2.55 bits per heavy atom. The number of hydrogen-bond acceptors (Lipinski definition) is 3. The van der Waals surface area contributed by atoms with Gasteiger partial charge in [0.05, 0.1) is 11.5 Å². The second-order valence-corrected chi connectivity index (χ2v) is 5.67. The van der Waals surface area contributed by atoms with E-state index in [1.165, 1.54) is 31.0 Å². The molecule has 0 saturated carbocycles. The maximum absolute atomic E-state index is 12.0. The van der Waals surface area contributed by atoms with Crippen molar-refractivity contribution in [2.75, 3.05) is 6.61 Å². The molecule has 0 atom stereocenters. The van der Waals surface area contributed by atoms with Gasteiger partial charge < -0.3 is 4.74 Å². The highest BCUT2D eigenvalue weighted by atomic mass is 32.2. The molecule has 20 heavy (non-hydrogen) atoms. The number of hydrogen-bond donors (Lipinski definition) is 0. The van der Waals surface area contributed by atoms with E-state index in [2.05, 4.69) is 6.92 Å². The van der Waals surface area contributed by atoms with Crippen LogP contribution in [-0.2, 0) is 9.53 Å². The first-order valence-electron chi connectivity index (χ1n) is 7.38. The molecule has 0 N–H and O–H groups in total. The van der Waals surface area contributed by atoms with Gasteiger partial charge in [-0.05, 0) is 31.9 Å². The van der Waals surface area contributed by atoms with Crippen LogP contribution in [-0.4, -0.2) is 12.6 Å². The Balaban J connectivity index is 2.60. The van der Waals surface area contributed by atoms with Crippen LogP contribution in [0.3, 0.4) is 0 Å². The number of unbranched alkanes of at least 4 members (excludes halogenated alkanes) is 4. The minimum atomic E-state index is -0.211. The van der Waals surface area contributed by atoms with Crippen LogP contribution in [0.1, 0.15) is 46.0 Å². The standard InChI is InChI=1S/C17H24O2S/c1-3-5-6-7-11-14-16(17(18)19-4-2)20-15-12-9-8-10-13-15/h8-10,12-14H,3-7,11H2,1-2H3/b16-14-. The normalized spacial score (nSPS) is 11.4. The summed E-state index contributed by atoms with van der Waals surface area (Å²) in [6.07, 6.45) is 7.80. The quantitative estimate of drug-likeness (QED) is 0.271. The lowest BCUT2D eigenvalue weighted by molar-refractivity contribution is -0.137. The average molecular weight is 292 g/mol. The van der Waals surface area contributed by atoms with Gasteiger partial charge in [-0.2, -0.15) is 0 Å². The second kappa shape index (κ2) is 10.6. The van der Waals surface area contributed by atoms with Crippen LogP contribution in [0.4, 0.5) is 0 Å². The van der Waals surface area contributed by atoms with Gasteiger partial charge in [-0.1, -0.05) is 62.2 Å². The highest BCUT2D eigenvalue weighted by Crippen LogP contribution is 2.28. The molecule has 1 rings (SSSR count). The van der Waals surface area contributed by atoms with Gasteiger partial charge in [-0.3, -0.25) is 0 Å². The third-order valence-electron chi connectivity index (χ3n) is 2.84. The molecule has 0 amide bonds. The van der Waals surface area contributed by atoms with Crippen LogP contribution in [0.25, 0.3) is 0 Å². The molecule has 0 fully saturated rings. The third kappa shape index (κ3) is 6.80. The molecule has 0 bridgehead atoms. The molecule has 1 aromatic rings. The number of allylic oxidation sites excluding steroid dienone is 1. The van der Waals surface area contributed by atoms with Crippen molar-refractivity contribution in [3.8, 4) is 0 Å². The van der Waals surface area contributed by atoms with Crippen molar-refractivity contribution < 1.29 is 9.53 Å². The van der Waals surface area contributed by atoms with E-state index >= 15 is 0 Å². The predicted octanol–water partition coefficient (Wildman–Crippen LogP) is 5.20. The fourth-order valence-corrected chi connectivity index (χ4v) is 2.68. The summed E-state index contributed by atoms with van der Waals surface area (Å²) in [5.41, 5.74) is 0. The summed E-state index contributed by atoms with van der Waals surface area (Å²) in [7, 11) is 0.